The van der Waals surface area contributed by atoms with Crippen molar-refractivity contribution in [3.63, 3.8) is 0 Å². The number of fused-ring (bicyclic) bond motifs is 2. The maximum Gasteiger partial charge on any atom is 0.161 e. The van der Waals surface area contributed by atoms with Crippen LogP contribution in [-0.2, 0) is 6.54 Å². The number of benzene rings is 1. The summed E-state index contributed by atoms with van der Waals surface area (Å²) in [5.41, 5.74) is 1.22. The lowest BCUT2D eigenvalue weighted by atomic mass is 10.0. The van der Waals surface area contributed by atoms with Crippen LogP contribution in [0.15, 0.2) is 30.5 Å². The Morgan fingerprint density at radius 1 is 1.30 bits per heavy atom. The van der Waals surface area contributed by atoms with Crippen LogP contribution in [0.5, 0.6) is 11.5 Å². The average molecular weight is 314 g/mol. The van der Waals surface area contributed by atoms with E-state index in [9.17, 15) is 0 Å². The van der Waals surface area contributed by atoms with Gasteiger partial charge in [-0.3, -0.25) is 0 Å². The molecule has 2 N–H and O–H groups in total. The number of aromatic nitrogens is 2. The highest BCUT2D eigenvalue weighted by Gasteiger charge is 2.19. The number of nitrogens with one attached hydrogen (secondary N) is 2. The zero-order valence-electron chi connectivity index (χ0n) is 13.3. The molecule has 2 aromatic rings. The van der Waals surface area contributed by atoms with Crippen LogP contribution in [0.4, 0.5) is 5.82 Å². The summed E-state index contributed by atoms with van der Waals surface area (Å²) in [6.45, 7) is 6.31. The monoisotopic (exact) mass is 314 g/mol. The van der Waals surface area contributed by atoms with Crippen LogP contribution < -0.4 is 20.1 Å². The minimum absolute atomic E-state index is 0.268. The maximum absolute atomic E-state index is 5.66. The van der Waals surface area contributed by atoms with Crippen molar-refractivity contribution in [1.82, 2.24) is 15.1 Å². The van der Waals surface area contributed by atoms with Crippen LogP contribution in [0.2, 0.25) is 0 Å². The highest BCUT2D eigenvalue weighted by Crippen LogP contribution is 2.32. The van der Waals surface area contributed by atoms with Gasteiger partial charge in [0.15, 0.2) is 11.5 Å². The van der Waals surface area contributed by atoms with Gasteiger partial charge in [0.2, 0.25) is 0 Å². The fraction of sp³-hybridized carbons (Fsp3) is 0.471. The summed E-state index contributed by atoms with van der Waals surface area (Å²) in [5.74, 6) is 3.33. The quantitative estimate of drug-likeness (QED) is 0.904. The molecular formula is C17H22N4O2. The molecule has 0 amide bonds. The van der Waals surface area contributed by atoms with Crippen molar-refractivity contribution in [2.45, 2.75) is 19.5 Å². The molecule has 23 heavy (non-hydrogen) atoms. The second-order valence-corrected chi connectivity index (χ2v) is 6.18. The zero-order valence-corrected chi connectivity index (χ0v) is 13.3. The van der Waals surface area contributed by atoms with Crippen molar-refractivity contribution in [2.24, 2.45) is 5.92 Å². The molecule has 0 unspecified atom stereocenters. The summed E-state index contributed by atoms with van der Waals surface area (Å²) in [6, 6.07) is 8.47. The van der Waals surface area contributed by atoms with E-state index in [2.05, 4.69) is 34.8 Å². The van der Waals surface area contributed by atoms with E-state index >= 15 is 0 Å². The highest BCUT2D eigenvalue weighted by molar-refractivity contribution is 5.44. The smallest absolute Gasteiger partial charge is 0.161 e. The predicted octanol–water partition coefficient (Wildman–Crippen LogP) is 2.05. The van der Waals surface area contributed by atoms with Crippen molar-refractivity contribution < 1.29 is 9.47 Å². The molecule has 2 atom stereocenters. The number of hydrogen-bond acceptors (Lipinski definition) is 5. The fourth-order valence-corrected chi connectivity index (χ4v) is 3.11. The molecule has 0 spiro atoms. The Balaban J connectivity index is 1.36. The van der Waals surface area contributed by atoms with Gasteiger partial charge in [0.1, 0.15) is 19.0 Å². The molecule has 122 valence electrons. The van der Waals surface area contributed by atoms with E-state index in [-0.39, 0.29) is 6.04 Å². The van der Waals surface area contributed by atoms with Gasteiger partial charge in [0.05, 0.1) is 6.20 Å². The van der Waals surface area contributed by atoms with Crippen LogP contribution in [0, 0.1) is 5.92 Å². The van der Waals surface area contributed by atoms with Crippen LogP contribution in [-0.4, -0.2) is 36.1 Å². The lowest BCUT2D eigenvalue weighted by Gasteiger charge is -2.27. The third-order valence-electron chi connectivity index (χ3n) is 4.50. The first-order valence-corrected chi connectivity index (χ1v) is 8.18. The molecule has 3 heterocycles. The first-order valence-electron chi connectivity index (χ1n) is 8.18. The average Bonchev–Trinajstić information content (AvgIpc) is 3.07. The second-order valence-electron chi connectivity index (χ2n) is 6.18. The lowest BCUT2D eigenvalue weighted by Crippen LogP contribution is -2.36. The maximum atomic E-state index is 5.66. The Hall–Kier alpha value is -2.21. The molecular weight excluding hydrogens is 292 g/mol. The van der Waals surface area contributed by atoms with E-state index in [1.165, 1.54) is 5.56 Å². The Bertz CT molecular complexity index is 685. The summed E-state index contributed by atoms with van der Waals surface area (Å²) in [5, 5.41) is 11.4. The Morgan fingerprint density at radius 2 is 2.17 bits per heavy atom. The van der Waals surface area contributed by atoms with E-state index in [1.54, 1.807) is 0 Å². The van der Waals surface area contributed by atoms with Gasteiger partial charge in [-0.25, -0.2) is 4.68 Å². The molecule has 0 aliphatic carbocycles. The molecule has 0 saturated carbocycles. The third-order valence-corrected chi connectivity index (χ3v) is 4.50. The molecule has 6 heteroatoms. The third kappa shape index (κ3) is 2.99. The number of nitrogens with zero attached hydrogens (tertiary/aromatic N) is 2. The van der Waals surface area contributed by atoms with E-state index in [4.69, 9.17) is 9.47 Å². The van der Waals surface area contributed by atoms with Crippen molar-refractivity contribution in [3.8, 4) is 11.5 Å². The Kier molecular flexibility index (Phi) is 3.83. The van der Waals surface area contributed by atoms with Gasteiger partial charge in [-0.1, -0.05) is 6.07 Å². The van der Waals surface area contributed by atoms with E-state index in [1.807, 2.05) is 23.0 Å². The van der Waals surface area contributed by atoms with E-state index in [0.29, 0.717) is 19.1 Å². The van der Waals surface area contributed by atoms with Crippen molar-refractivity contribution in [1.29, 1.82) is 0 Å². The van der Waals surface area contributed by atoms with Crippen LogP contribution in [0.25, 0.3) is 0 Å². The van der Waals surface area contributed by atoms with Crippen molar-refractivity contribution in [2.75, 3.05) is 31.6 Å². The zero-order chi connectivity index (χ0) is 15.6. The van der Waals surface area contributed by atoms with Gasteiger partial charge in [0, 0.05) is 37.7 Å². The summed E-state index contributed by atoms with van der Waals surface area (Å²) < 4.78 is 13.3. The minimum atomic E-state index is 0.268. The Labute approximate surface area is 135 Å². The van der Waals surface area contributed by atoms with Gasteiger partial charge in [-0.2, -0.15) is 5.10 Å². The molecule has 4 rings (SSSR count). The fourth-order valence-electron chi connectivity index (χ4n) is 3.11. The summed E-state index contributed by atoms with van der Waals surface area (Å²) in [7, 11) is 0. The Morgan fingerprint density at radius 3 is 3.09 bits per heavy atom. The largest absolute Gasteiger partial charge is 0.486 e. The molecule has 0 saturated heterocycles. The summed E-state index contributed by atoms with van der Waals surface area (Å²) in [4.78, 5) is 0. The van der Waals surface area contributed by atoms with E-state index < -0.39 is 0 Å². The highest BCUT2D eigenvalue weighted by atomic mass is 16.6. The predicted molar refractivity (Wildman–Crippen MR) is 88.1 cm³/mol. The molecule has 1 aromatic heterocycles. The normalized spacial score (nSPS) is 20.5. The molecule has 2 aliphatic heterocycles. The van der Waals surface area contributed by atoms with Crippen LogP contribution in [0.1, 0.15) is 18.5 Å². The van der Waals surface area contributed by atoms with Crippen molar-refractivity contribution in [3.05, 3.63) is 36.0 Å². The summed E-state index contributed by atoms with van der Waals surface area (Å²) in [6.07, 6.45) is 1.84. The summed E-state index contributed by atoms with van der Waals surface area (Å²) >= 11 is 0. The van der Waals surface area contributed by atoms with Gasteiger partial charge in [-0.15, -0.1) is 0 Å². The topological polar surface area (TPSA) is 60.3 Å². The number of rotatable bonds is 4. The van der Waals surface area contributed by atoms with Crippen LogP contribution in [0.3, 0.4) is 0 Å². The number of hydrogen-bond donors (Lipinski definition) is 2. The number of ether oxygens (including phenoxy) is 2. The van der Waals surface area contributed by atoms with E-state index in [0.717, 1.165) is 37.0 Å². The molecule has 1 aromatic carbocycles. The number of anilines is 1. The van der Waals surface area contributed by atoms with Gasteiger partial charge < -0.3 is 20.1 Å². The molecule has 0 radical (unpaired) electrons. The van der Waals surface area contributed by atoms with Gasteiger partial charge >= 0.3 is 0 Å². The van der Waals surface area contributed by atoms with Gasteiger partial charge in [0.25, 0.3) is 0 Å². The lowest BCUT2D eigenvalue weighted by molar-refractivity contribution is 0.171. The SMILES string of the molecule is C[C@@H](NC[C@H]1CNc2ccnn2C1)c1ccc2c(c1)OCCO2. The molecule has 2 aliphatic rings. The molecule has 6 nitrogen and oxygen atoms in total. The first kappa shape index (κ1) is 14.4. The van der Waals surface area contributed by atoms with Gasteiger partial charge in [-0.05, 0) is 24.6 Å². The minimum Gasteiger partial charge on any atom is -0.486 e. The second kappa shape index (κ2) is 6.12. The molecule has 0 bridgehead atoms. The molecule has 0 fully saturated rings. The standard InChI is InChI=1S/C17H22N4O2/c1-12(14-2-3-15-16(8-14)23-7-6-22-15)18-9-13-10-19-17-4-5-20-21(17)11-13/h2-5,8,12-13,18-19H,6-7,9-11H2,1H3/t12-,13+/m1/s1. The van der Waals surface area contributed by atoms with Crippen molar-refractivity contribution >= 4 is 5.82 Å². The first-order chi connectivity index (χ1) is 11.3. The van der Waals surface area contributed by atoms with Crippen LogP contribution >= 0.6 is 0 Å².